The molecule has 0 saturated carbocycles. The molecule has 0 N–H and O–H groups in total. The molecule has 0 spiro atoms. The van der Waals surface area contributed by atoms with Crippen molar-refractivity contribution in [1.29, 1.82) is 0 Å². The third-order valence-electron chi connectivity index (χ3n) is 3.25. The Morgan fingerprint density at radius 3 is 2.73 bits per heavy atom. The number of benzene rings is 1. The van der Waals surface area contributed by atoms with Gasteiger partial charge in [-0.25, -0.2) is 9.78 Å². The van der Waals surface area contributed by atoms with E-state index in [9.17, 15) is 4.79 Å². The number of hydrogen-bond acceptors (Lipinski definition) is 3. The third kappa shape index (κ3) is 2.73. The number of pyridine rings is 1. The molecule has 5 heteroatoms. The van der Waals surface area contributed by atoms with Gasteiger partial charge < -0.3 is 4.74 Å². The van der Waals surface area contributed by atoms with Gasteiger partial charge in [0.15, 0.2) is 0 Å². The molecule has 0 aliphatic rings. The van der Waals surface area contributed by atoms with Gasteiger partial charge >= 0.3 is 5.97 Å². The van der Waals surface area contributed by atoms with E-state index in [4.69, 9.17) is 11.6 Å². The summed E-state index contributed by atoms with van der Waals surface area (Å²) in [6.07, 6.45) is 4.83. The number of fused-ring (bicyclic) bond motifs is 1. The summed E-state index contributed by atoms with van der Waals surface area (Å²) in [5, 5.41) is 0.595. The fraction of sp³-hybridized carbons (Fsp3) is 0.0588. The van der Waals surface area contributed by atoms with Crippen molar-refractivity contribution in [3.05, 3.63) is 65.5 Å². The summed E-state index contributed by atoms with van der Waals surface area (Å²) in [6, 6.07) is 13.4. The Labute approximate surface area is 132 Å². The highest BCUT2D eigenvalue weighted by Crippen LogP contribution is 2.26. The lowest BCUT2D eigenvalue weighted by Crippen LogP contribution is -1.95. The normalized spacial score (nSPS) is 11.2. The van der Waals surface area contributed by atoms with Crippen LogP contribution in [-0.2, 0) is 9.53 Å². The minimum absolute atomic E-state index is 0.420. The molecule has 110 valence electrons. The summed E-state index contributed by atoms with van der Waals surface area (Å²) in [4.78, 5) is 16.0. The molecule has 0 radical (unpaired) electrons. The molecule has 0 amide bonds. The average Bonchev–Trinajstić information content (AvgIpc) is 2.91. The molecular formula is C17H13ClN2O2. The van der Waals surface area contributed by atoms with E-state index in [-0.39, 0.29) is 0 Å². The van der Waals surface area contributed by atoms with E-state index in [0.29, 0.717) is 5.02 Å². The molecule has 0 bridgehead atoms. The molecule has 0 unspecified atom stereocenters. The maximum absolute atomic E-state index is 11.4. The minimum atomic E-state index is -0.420. The number of aromatic nitrogens is 2. The van der Waals surface area contributed by atoms with Gasteiger partial charge in [-0.2, -0.15) is 0 Å². The molecule has 0 saturated heterocycles. The van der Waals surface area contributed by atoms with Gasteiger partial charge in [0.25, 0.3) is 0 Å². The lowest BCUT2D eigenvalue weighted by atomic mass is 10.1. The summed E-state index contributed by atoms with van der Waals surface area (Å²) in [7, 11) is 1.34. The molecule has 2 heterocycles. The van der Waals surface area contributed by atoms with E-state index < -0.39 is 5.97 Å². The topological polar surface area (TPSA) is 43.6 Å². The SMILES string of the molecule is COC(=O)/C=C/c1c(-c2ccccc2)nc2ccc(Cl)cn12. The van der Waals surface area contributed by atoms with Gasteiger partial charge in [-0.3, -0.25) is 4.40 Å². The first-order valence-electron chi connectivity index (χ1n) is 6.68. The summed E-state index contributed by atoms with van der Waals surface area (Å²) in [5.41, 5.74) is 3.27. The number of halogens is 1. The van der Waals surface area contributed by atoms with Crippen LogP contribution in [0.3, 0.4) is 0 Å². The first-order chi connectivity index (χ1) is 10.7. The fourth-order valence-corrected chi connectivity index (χ4v) is 2.38. The van der Waals surface area contributed by atoms with Crippen LogP contribution in [0.2, 0.25) is 5.02 Å². The second-order valence-electron chi connectivity index (χ2n) is 4.64. The zero-order valence-electron chi connectivity index (χ0n) is 11.9. The van der Waals surface area contributed by atoms with Crippen molar-refractivity contribution >= 4 is 29.3 Å². The number of carbonyl (C=O) groups is 1. The van der Waals surface area contributed by atoms with Crippen molar-refractivity contribution in [2.24, 2.45) is 0 Å². The van der Waals surface area contributed by atoms with Crippen LogP contribution in [0.1, 0.15) is 5.69 Å². The Morgan fingerprint density at radius 2 is 2.00 bits per heavy atom. The van der Waals surface area contributed by atoms with Gasteiger partial charge in [-0.15, -0.1) is 0 Å². The van der Waals surface area contributed by atoms with Crippen LogP contribution in [-0.4, -0.2) is 22.5 Å². The van der Waals surface area contributed by atoms with E-state index in [2.05, 4.69) is 9.72 Å². The maximum atomic E-state index is 11.4. The molecule has 2 aromatic heterocycles. The van der Waals surface area contributed by atoms with E-state index in [1.807, 2.05) is 40.8 Å². The van der Waals surface area contributed by atoms with Crippen molar-refractivity contribution in [3.8, 4) is 11.3 Å². The first-order valence-corrected chi connectivity index (χ1v) is 7.06. The highest BCUT2D eigenvalue weighted by atomic mass is 35.5. The van der Waals surface area contributed by atoms with E-state index in [0.717, 1.165) is 22.6 Å². The van der Waals surface area contributed by atoms with Gasteiger partial charge in [-0.1, -0.05) is 41.9 Å². The second-order valence-corrected chi connectivity index (χ2v) is 5.08. The predicted molar refractivity (Wildman–Crippen MR) is 86.7 cm³/mol. The van der Waals surface area contributed by atoms with E-state index in [1.165, 1.54) is 13.2 Å². The Morgan fingerprint density at radius 1 is 1.23 bits per heavy atom. The zero-order chi connectivity index (χ0) is 15.5. The monoisotopic (exact) mass is 312 g/mol. The smallest absolute Gasteiger partial charge is 0.330 e. The molecule has 3 rings (SSSR count). The van der Waals surface area contributed by atoms with Gasteiger partial charge in [-0.05, 0) is 18.2 Å². The molecule has 0 fully saturated rings. The number of nitrogens with zero attached hydrogens (tertiary/aromatic N) is 2. The van der Waals surface area contributed by atoms with Crippen molar-refractivity contribution < 1.29 is 9.53 Å². The Hall–Kier alpha value is -2.59. The summed E-state index contributed by atoms with van der Waals surface area (Å²) in [5.74, 6) is -0.420. The minimum Gasteiger partial charge on any atom is -0.466 e. The van der Waals surface area contributed by atoms with Crippen LogP contribution in [0.15, 0.2) is 54.7 Å². The summed E-state index contributed by atoms with van der Waals surface area (Å²) >= 11 is 6.07. The lowest BCUT2D eigenvalue weighted by molar-refractivity contribution is -0.134. The van der Waals surface area contributed by atoms with Crippen molar-refractivity contribution in [1.82, 2.24) is 9.38 Å². The molecular weight excluding hydrogens is 300 g/mol. The fourth-order valence-electron chi connectivity index (χ4n) is 2.22. The van der Waals surface area contributed by atoms with Crippen LogP contribution in [0, 0.1) is 0 Å². The van der Waals surface area contributed by atoms with Crippen molar-refractivity contribution in [2.75, 3.05) is 7.11 Å². The predicted octanol–water partition coefficient (Wildman–Crippen LogP) is 3.84. The van der Waals surface area contributed by atoms with Gasteiger partial charge in [0.05, 0.1) is 23.5 Å². The quantitative estimate of drug-likeness (QED) is 0.545. The van der Waals surface area contributed by atoms with Crippen molar-refractivity contribution in [3.63, 3.8) is 0 Å². The van der Waals surface area contributed by atoms with E-state index in [1.54, 1.807) is 18.3 Å². The molecule has 3 aromatic rings. The number of rotatable bonds is 3. The van der Waals surface area contributed by atoms with Crippen LogP contribution in [0.4, 0.5) is 0 Å². The Bertz CT molecular complexity index is 854. The summed E-state index contributed by atoms with van der Waals surface area (Å²) < 4.78 is 6.50. The van der Waals surface area contributed by atoms with Crippen LogP contribution in [0.5, 0.6) is 0 Å². The first kappa shape index (κ1) is 14.4. The van der Waals surface area contributed by atoms with Crippen molar-refractivity contribution in [2.45, 2.75) is 0 Å². The Kier molecular flexibility index (Phi) is 3.94. The summed E-state index contributed by atoms with van der Waals surface area (Å²) in [6.45, 7) is 0. The molecule has 0 atom stereocenters. The second kappa shape index (κ2) is 6.03. The van der Waals surface area contributed by atoms with Crippen LogP contribution in [0.25, 0.3) is 23.0 Å². The number of imidazole rings is 1. The number of methoxy groups -OCH3 is 1. The molecule has 0 aliphatic carbocycles. The number of esters is 1. The molecule has 4 nitrogen and oxygen atoms in total. The van der Waals surface area contributed by atoms with Crippen LogP contribution < -0.4 is 0 Å². The largest absolute Gasteiger partial charge is 0.466 e. The van der Waals surface area contributed by atoms with Crippen LogP contribution >= 0.6 is 11.6 Å². The standard InChI is InChI=1S/C17H13ClN2O2/c1-22-16(21)10-8-14-17(12-5-3-2-4-6-12)19-15-9-7-13(18)11-20(14)15/h2-11H,1H3/b10-8+. The lowest BCUT2D eigenvalue weighted by Gasteiger charge is -2.01. The van der Waals surface area contributed by atoms with Gasteiger partial charge in [0.2, 0.25) is 0 Å². The average molecular weight is 313 g/mol. The highest BCUT2D eigenvalue weighted by molar-refractivity contribution is 6.30. The maximum Gasteiger partial charge on any atom is 0.330 e. The number of ether oxygens (including phenoxy) is 1. The number of carbonyl (C=O) groups excluding carboxylic acids is 1. The van der Waals surface area contributed by atoms with E-state index >= 15 is 0 Å². The highest BCUT2D eigenvalue weighted by Gasteiger charge is 2.12. The van der Waals surface area contributed by atoms with Gasteiger partial charge in [0, 0.05) is 17.8 Å². The molecule has 1 aromatic carbocycles. The molecule has 0 aliphatic heterocycles. The number of hydrogen-bond donors (Lipinski definition) is 0. The zero-order valence-corrected chi connectivity index (χ0v) is 12.6. The van der Waals surface area contributed by atoms with Gasteiger partial charge in [0.1, 0.15) is 5.65 Å². The molecule has 22 heavy (non-hydrogen) atoms. The third-order valence-corrected chi connectivity index (χ3v) is 3.47. The Balaban J connectivity index is 2.22.